The van der Waals surface area contributed by atoms with Gasteiger partial charge in [-0.25, -0.2) is 0 Å². The fraction of sp³-hybridized carbons (Fsp3) is 0.261. The van der Waals surface area contributed by atoms with Crippen molar-refractivity contribution in [1.82, 2.24) is 10.2 Å². The van der Waals surface area contributed by atoms with Crippen molar-refractivity contribution in [1.29, 1.82) is 5.26 Å². The van der Waals surface area contributed by atoms with Crippen LogP contribution in [0.5, 0.6) is 17.2 Å². The van der Waals surface area contributed by atoms with Gasteiger partial charge in [0.2, 0.25) is 0 Å². The highest BCUT2D eigenvalue weighted by Crippen LogP contribution is 2.41. The maximum absolute atomic E-state index is 13.4. The second-order valence-corrected chi connectivity index (χ2v) is 8.13. The quantitative estimate of drug-likeness (QED) is 0.387. The number of hydrogen-bond donors (Lipinski definition) is 2. The van der Waals surface area contributed by atoms with Gasteiger partial charge in [-0.2, -0.15) is 18.4 Å². The van der Waals surface area contributed by atoms with E-state index in [2.05, 4.69) is 5.32 Å². The lowest BCUT2D eigenvalue weighted by molar-refractivity contribution is -0.138. The molecule has 0 atom stereocenters. The summed E-state index contributed by atoms with van der Waals surface area (Å²) in [5, 5.41) is 20.1. The van der Waals surface area contributed by atoms with Crippen LogP contribution in [0, 0.1) is 11.3 Å². The van der Waals surface area contributed by atoms with Gasteiger partial charge < -0.3 is 19.9 Å². The molecule has 2 aromatic rings. The molecule has 2 N–H and O–H groups in total. The van der Waals surface area contributed by atoms with Crippen LogP contribution in [0.3, 0.4) is 0 Å². The fourth-order valence-electron chi connectivity index (χ4n) is 3.13. The van der Waals surface area contributed by atoms with Crippen LogP contribution in [-0.2, 0) is 11.0 Å². The van der Waals surface area contributed by atoms with E-state index in [0.29, 0.717) is 24.7 Å². The van der Waals surface area contributed by atoms with Gasteiger partial charge in [0.15, 0.2) is 11.5 Å². The Morgan fingerprint density at radius 1 is 1.14 bits per heavy atom. The number of hydrogen-bond acceptors (Lipinski definition) is 8. The lowest BCUT2D eigenvalue weighted by Crippen LogP contribution is -2.35. The fourth-order valence-corrected chi connectivity index (χ4v) is 3.99. The molecule has 1 heterocycles. The van der Waals surface area contributed by atoms with Crippen molar-refractivity contribution < 1.29 is 37.3 Å². The van der Waals surface area contributed by atoms with Crippen LogP contribution < -0.4 is 14.8 Å². The summed E-state index contributed by atoms with van der Waals surface area (Å²) in [7, 11) is 1.31. The second kappa shape index (κ2) is 11.3. The number of ether oxygens (including phenoxy) is 2. The van der Waals surface area contributed by atoms with Crippen LogP contribution in [0.1, 0.15) is 16.7 Å². The smallest absolute Gasteiger partial charge is 0.420 e. The van der Waals surface area contributed by atoms with Crippen molar-refractivity contribution >= 4 is 29.0 Å². The first-order chi connectivity index (χ1) is 16.7. The second-order valence-electron chi connectivity index (χ2n) is 7.14. The number of aliphatic hydroxyl groups excluding tert-OH is 1. The molecule has 0 bridgehead atoms. The zero-order valence-corrected chi connectivity index (χ0v) is 19.2. The number of halogens is 3. The molecule has 8 nitrogen and oxygen atoms in total. The number of carbonyl (C=O) groups excluding carboxylic acids is 2. The molecular formula is C23H20F3N3O5S. The number of benzene rings is 2. The highest BCUT2D eigenvalue weighted by atomic mass is 32.2. The van der Waals surface area contributed by atoms with Crippen molar-refractivity contribution in [2.24, 2.45) is 0 Å². The Labute approximate surface area is 202 Å². The molecule has 0 saturated carbocycles. The van der Waals surface area contributed by atoms with Gasteiger partial charge in [0, 0.05) is 19.6 Å². The molecule has 2 aromatic carbocycles. The minimum atomic E-state index is -4.74. The molecule has 3 rings (SSSR count). The van der Waals surface area contributed by atoms with E-state index in [1.807, 2.05) is 0 Å². The van der Waals surface area contributed by atoms with Crippen molar-refractivity contribution in [3.8, 4) is 23.3 Å². The van der Waals surface area contributed by atoms with Crippen molar-refractivity contribution in [3.05, 3.63) is 58.0 Å². The molecular weight excluding hydrogens is 487 g/mol. The van der Waals surface area contributed by atoms with Gasteiger partial charge in [0.25, 0.3) is 11.1 Å². The van der Waals surface area contributed by atoms with Gasteiger partial charge in [0.1, 0.15) is 5.75 Å². The normalized spacial score (nSPS) is 15.0. The third-order valence-electron chi connectivity index (χ3n) is 4.79. The lowest BCUT2D eigenvalue weighted by Gasteiger charge is -2.16. The molecule has 0 spiro atoms. The predicted molar refractivity (Wildman–Crippen MR) is 122 cm³/mol. The summed E-state index contributed by atoms with van der Waals surface area (Å²) in [6.07, 6.45) is -3.27. The number of aliphatic hydroxyl groups is 1. The zero-order chi connectivity index (χ0) is 25.6. The van der Waals surface area contributed by atoms with Gasteiger partial charge in [-0.15, -0.1) is 0 Å². The van der Waals surface area contributed by atoms with E-state index in [1.165, 1.54) is 37.5 Å². The Bertz CT molecular complexity index is 1190. The Kier molecular flexibility index (Phi) is 8.39. The first-order valence-corrected chi connectivity index (χ1v) is 11.0. The lowest BCUT2D eigenvalue weighted by atomic mass is 10.1. The molecule has 184 valence electrons. The molecule has 1 aliphatic rings. The Balaban J connectivity index is 1.82. The molecule has 12 heteroatoms. The summed E-state index contributed by atoms with van der Waals surface area (Å²) in [5.74, 6) is -0.887. The highest BCUT2D eigenvalue weighted by Gasteiger charge is 2.36. The minimum absolute atomic E-state index is 0.0112. The number of nitrogens with zero attached hydrogens (tertiary/aromatic N) is 2. The van der Waals surface area contributed by atoms with E-state index in [4.69, 9.17) is 19.8 Å². The summed E-state index contributed by atoms with van der Waals surface area (Å²) in [5.41, 5.74) is -0.802. The number of thioether (sulfide) groups is 1. The molecule has 0 unspecified atom stereocenters. The highest BCUT2D eigenvalue weighted by molar-refractivity contribution is 8.18. The number of rotatable bonds is 9. The Morgan fingerprint density at radius 2 is 1.89 bits per heavy atom. The van der Waals surface area contributed by atoms with Crippen LogP contribution in [-0.4, -0.2) is 54.5 Å². The molecule has 0 aliphatic carbocycles. The summed E-state index contributed by atoms with van der Waals surface area (Å²) >= 11 is 0.767. The minimum Gasteiger partial charge on any atom is -0.493 e. The van der Waals surface area contributed by atoms with Crippen molar-refractivity contribution in [2.45, 2.75) is 6.18 Å². The molecule has 2 amide bonds. The molecule has 0 aromatic heterocycles. The number of alkyl halides is 3. The number of methoxy groups -OCH3 is 1. The topological polar surface area (TPSA) is 112 Å². The van der Waals surface area contributed by atoms with Gasteiger partial charge in [-0.3, -0.25) is 14.5 Å². The number of amides is 2. The summed E-state index contributed by atoms with van der Waals surface area (Å²) in [6, 6.07) is 8.98. The van der Waals surface area contributed by atoms with Gasteiger partial charge >= 0.3 is 6.18 Å². The molecule has 0 radical (unpaired) electrons. The van der Waals surface area contributed by atoms with E-state index < -0.39 is 28.6 Å². The largest absolute Gasteiger partial charge is 0.493 e. The van der Waals surface area contributed by atoms with Crippen molar-refractivity contribution in [2.75, 3.05) is 33.4 Å². The summed E-state index contributed by atoms with van der Waals surface area (Å²) in [4.78, 5) is 26.0. The molecule has 35 heavy (non-hydrogen) atoms. The number of carbonyl (C=O) groups is 2. The van der Waals surface area contributed by atoms with Gasteiger partial charge in [-0.05, 0) is 53.7 Å². The maximum Gasteiger partial charge on any atom is 0.420 e. The van der Waals surface area contributed by atoms with Crippen LogP contribution in [0.2, 0.25) is 0 Å². The first-order valence-electron chi connectivity index (χ1n) is 10.2. The Morgan fingerprint density at radius 3 is 2.54 bits per heavy atom. The van der Waals surface area contributed by atoms with Gasteiger partial charge in [0.05, 0.1) is 35.8 Å². The van der Waals surface area contributed by atoms with Crippen LogP contribution in [0.4, 0.5) is 18.0 Å². The zero-order valence-electron chi connectivity index (χ0n) is 18.4. The first kappa shape index (κ1) is 26.1. The summed E-state index contributed by atoms with van der Waals surface area (Å²) < 4.78 is 51.1. The SMILES string of the molecule is COc1cc(/C=C2\SC(=O)N(CCNCCO)C2=O)ccc1Oc1ccc(C#N)cc1C(F)(F)F. The number of nitriles is 1. The van der Waals surface area contributed by atoms with Crippen LogP contribution in [0.25, 0.3) is 6.08 Å². The van der Waals surface area contributed by atoms with Gasteiger partial charge in [-0.1, -0.05) is 6.07 Å². The Hall–Kier alpha value is -3.53. The number of nitrogens with one attached hydrogen (secondary N) is 1. The average molecular weight is 507 g/mol. The van der Waals surface area contributed by atoms with E-state index in [1.54, 1.807) is 6.07 Å². The monoisotopic (exact) mass is 507 g/mol. The average Bonchev–Trinajstić information content (AvgIpc) is 3.09. The van der Waals surface area contributed by atoms with Crippen LogP contribution >= 0.6 is 11.8 Å². The molecule has 1 aliphatic heterocycles. The maximum atomic E-state index is 13.4. The van der Waals surface area contributed by atoms with E-state index in [0.717, 1.165) is 22.7 Å². The third kappa shape index (κ3) is 6.33. The molecule has 1 fully saturated rings. The van der Waals surface area contributed by atoms with E-state index in [-0.39, 0.29) is 35.1 Å². The van der Waals surface area contributed by atoms with E-state index in [9.17, 15) is 22.8 Å². The summed E-state index contributed by atoms with van der Waals surface area (Å²) in [6.45, 7) is 0.754. The standard InChI is InChI=1S/C23H20F3N3O5S/c1-33-19-11-14(12-20-21(31)29(22(32)35-20)8-6-28-7-9-30)2-5-18(19)34-17-4-3-15(13-27)10-16(17)23(24,25)26/h2-5,10-12,28,30H,6-9H2,1H3/b20-12-. The van der Waals surface area contributed by atoms with Crippen molar-refractivity contribution in [3.63, 3.8) is 0 Å². The molecule has 1 saturated heterocycles. The third-order valence-corrected chi connectivity index (χ3v) is 5.70. The van der Waals surface area contributed by atoms with Crippen LogP contribution in [0.15, 0.2) is 41.3 Å². The number of imide groups is 1. The predicted octanol–water partition coefficient (Wildman–Crippen LogP) is 4.00. The van der Waals surface area contributed by atoms with E-state index >= 15 is 0 Å².